The van der Waals surface area contributed by atoms with Gasteiger partial charge in [0.05, 0.1) is 5.60 Å². The van der Waals surface area contributed by atoms with Crippen molar-refractivity contribution in [1.82, 2.24) is 0 Å². The molecule has 2 unspecified atom stereocenters. The van der Waals surface area contributed by atoms with E-state index in [0.717, 1.165) is 12.8 Å². The van der Waals surface area contributed by atoms with E-state index in [9.17, 15) is 4.79 Å². The maximum Gasteiger partial charge on any atom is 0.302 e. The van der Waals surface area contributed by atoms with Gasteiger partial charge in [0.25, 0.3) is 0 Å². The molecule has 1 aliphatic heterocycles. The van der Waals surface area contributed by atoms with Crippen LogP contribution in [0, 0.1) is 0 Å². The summed E-state index contributed by atoms with van der Waals surface area (Å²) >= 11 is 0. The highest BCUT2D eigenvalue weighted by Crippen LogP contribution is 2.57. The second-order valence-corrected chi connectivity index (χ2v) is 4.31. The lowest BCUT2D eigenvalue weighted by molar-refractivity contribution is -0.142. The molecule has 0 bridgehead atoms. The minimum atomic E-state index is -0.210. The number of carbonyl (C=O) groups is 1. The van der Waals surface area contributed by atoms with E-state index < -0.39 is 0 Å². The zero-order chi connectivity index (χ0) is 9.53. The highest BCUT2D eigenvalue weighted by Gasteiger charge is 2.67. The Morgan fingerprint density at radius 3 is 2.77 bits per heavy atom. The highest BCUT2D eigenvalue weighted by molar-refractivity contribution is 5.66. The van der Waals surface area contributed by atoms with E-state index in [1.807, 2.05) is 0 Å². The molecule has 0 radical (unpaired) electrons. The highest BCUT2D eigenvalue weighted by atomic mass is 16.7. The predicted octanol–water partition coefficient (Wildman–Crippen LogP) is 1.65. The predicted molar refractivity (Wildman–Crippen MR) is 47.3 cm³/mol. The maximum atomic E-state index is 10.7. The molecule has 1 saturated carbocycles. The lowest BCUT2D eigenvalue weighted by atomic mass is 9.81. The Morgan fingerprint density at radius 2 is 2.15 bits per heavy atom. The number of fused-ring (bicyclic) bond motifs is 1. The molecule has 0 N–H and O–H groups in total. The molecule has 1 aliphatic carbocycles. The van der Waals surface area contributed by atoms with Crippen LogP contribution >= 0.6 is 0 Å². The van der Waals surface area contributed by atoms with Crippen LogP contribution in [0.4, 0.5) is 0 Å². The molecule has 0 amide bonds. The van der Waals surface area contributed by atoms with Crippen LogP contribution in [-0.4, -0.2) is 23.8 Å². The van der Waals surface area contributed by atoms with E-state index >= 15 is 0 Å². The third-order valence-corrected chi connectivity index (χ3v) is 3.34. The summed E-state index contributed by atoms with van der Waals surface area (Å²) < 4.78 is 10.8. The van der Waals surface area contributed by atoms with Crippen LogP contribution in [-0.2, 0) is 14.3 Å². The van der Waals surface area contributed by atoms with Crippen molar-refractivity contribution >= 4 is 5.97 Å². The molecule has 74 valence electrons. The van der Waals surface area contributed by atoms with Gasteiger partial charge in [0.15, 0.2) is 0 Å². The number of carbonyl (C=O) groups excluding carboxylic acids is 1. The molecule has 2 aliphatic rings. The second-order valence-electron chi connectivity index (χ2n) is 4.31. The number of esters is 1. The van der Waals surface area contributed by atoms with Crippen molar-refractivity contribution in [2.45, 2.75) is 50.7 Å². The van der Waals surface area contributed by atoms with Gasteiger partial charge in [-0.05, 0) is 19.8 Å². The SMILES string of the molecule is CC(=O)OCC12CCCCC1(C)O2. The summed E-state index contributed by atoms with van der Waals surface area (Å²) in [7, 11) is 0. The van der Waals surface area contributed by atoms with Crippen LogP contribution in [0.15, 0.2) is 0 Å². The van der Waals surface area contributed by atoms with Crippen molar-refractivity contribution < 1.29 is 14.3 Å². The zero-order valence-corrected chi connectivity index (χ0v) is 8.26. The molecular formula is C10H16O3. The molecule has 0 aromatic rings. The van der Waals surface area contributed by atoms with Crippen molar-refractivity contribution in [3.63, 3.8) is 0 Å². The van der Waals surface area contributed by atoms with Crippen LogP contribution in [0.25, 0.3) is 0 Å². The van der Waals surface area contributed by atoms with E-state index in [4.69, 9.17) is 9.47 Å². The van der Waals surface area contributed by atoms with E-state index in [1.165, 1.54) is 19.8 Å². The summed E-state index contributed by atoms with van der Waals surface area (Å²) in [6, 6.07) is 0. The maximum absolute atomic E-state index is 10.7. The summed E-state index contributed by atoms with van der Waals surface area (Å²) in [4.78, 5) is 10.7. The first kappa shape index (κ1) is 9.00. The molecule has 1 heterocycles. The van der Waals surface area contributed by atoms with Gasteiger partial charge in [-0.15, -0.1) is 0 Å². The number of hydrogen-bond acceptors (Lipinski definition) is 3. The van der Waals surface area contributed by atoms with E-state index in [2.05, 4.69) is 6.92 Å². The molecule has 0 spiro atoms. The van der Waals surface area contributed by atoms with Gasteiger partial charge < -0.3 is 9.47 Å². The van der Waals surface area contributed by atoms with Gasteiger partial charge in [-0.3, -0.25) is 4.79 Å². The summed E-state index contributed by atoms with van der Waals surface area (Å²) in [5.74, 6) is -0.210. The monoisotopic (exact) mass is 184 g/mol. The second kappa shape index (κ2) is 2.71. The Hall–Kier alpha value is -0.570. The minimum absolute atomic E-state index is 0.000694. The molecular weight excluding hydrogens is 168 g/mol. The lowest BCUT2D eigenvalue weighted by Crippen LogP contribution is -2.32. The number of rotatable bonds is 2. The minimum Gasteiger partial charge on any atom is -0.463 e. The molecule has 0 aromatic heterocycles. The summed E-state index contributed by atoms with van der Waals surface area (Å²) in [6.07, 6.45) is 4.57. The fraction of sp³-hybridized carbons (Fsp3) is 0.900. The van der Waals surface area contributed by atoms with Crippen LogP contribution in [0.1, 0.15) is 39.5 Å². The summed E-state index contributed by atoms with van der Waals surface area (Å²) in [5.41, 5.74) is -0.127. The third-order valence-electron chi connectivity index (χ3n) is 3.34. The first-order valence-electron chi connectivity index (χ1n) is 4.92. The van der Waals surface area contributed by atoms with Gasteiger partial charge in [-0.1, -0.05) is 12.8 Å². The molecule has 2 rings (SSSR count). The molecule has 13 heavy (non-hydrogen) atoms. The lowest BCUT2D eigenvalue weighted by Gasteiger charge is -2.21. The fourth-order valence-corrected chi connectivity index (χ4v) is 2.35. The molecule has 3 heteroatoms. The summed E-state index contributed by atoms with van der Waals surface area (Å²) in [5, 5.41) is 0. The Kier molecular flexibility index (Phi) is 1.88. The molecule has 3 nitrogen and oxygen atoms in total. The molecule has 2 atom stereocenters. The number of ether oxygens (including phenoxy) is 2. The summed E-state index contributed by atoms with van der Waals surface area (Å²) in [6.45, 7) is 4.01. The largest absolute Gasteiger partial charge is 0.463 e. The van der Waals surface area contributed by atoms with Gasteiger partial charge in [0.1, 0.15) is 12.2 Å². The first-order valence-corrected chi connectivity index (χ1v) is 4.92. The standard InChI is InChI=1S/C10H16O3/c1-8(11)12-7-10-6-4-3-5-9(10,2)13-10/h3-7H2,1-2H3. The Labute approximate surface area is 78.4 Å². The average Bonchev–Trinajstić information content (AvgIpc) is 2.68. The van der Waals surface area contributed by atoms with E-state index in [0.29, 0.717) is 6.61 Å². The van der Waals surface area contributed by atoms with Gasteiger partial charge >= 0.3 is 5.97 Å². The van der Waals surface area contributed by atoms with Crippen LogP contribution < -0.4 is 0 Å². The van der Waals surface area contributed by atoms with Crippen LogP contribution in [0.2, 0.25) is 0 Å². The van der Waals surface area contributed by atoms with Crippen molar-refractivity contribution in [2.75, 3.05) is 6.61 Å². The van der Waals surface area contributed by atoms with E-state index in [1.54, 1.807) is 0 Å². The van der Waals surface area contributed by atoms with Crippen molar-refractivity contribution in [3.05, 3.63) is 0 Å². The van der Waals surface area contributed by atoms with Crippen molar-refractivity contribution in [1.29, 1.82) is 0 Å². The normalized spacial score (nSPS) is 42.3. The molecule has 1 saturated heterocycles. The number of hydrogen-bond donors (Lipinski definition) is 0. The van der Waals surface area contributed by atoms with Gasteiger partial charge in [-0.2, -0.15) is 0 Å². The third kappa shape index (κ3) is 1.35. The van der Waals surface area contributed by atoms with Crippen molar-refractivity contribution in [3.8, 4) is 0 Å². The van der Waals surface area contributed by atoms with Gasteiger partial charge in [-0.25, -0.2) is 0 Å². The van der Waals surface area contributed by atoms with E-state index in [-0.39, 0.29) is 17.2 Å². The Bertz CT molecular complexity index is 234. The Morgan fingerprint density at radius 1 is 1.46 bits per heavy atom. The van der Waals surface area contributed by atoms with Crippen LogP contribution in [0.3, 0.4) is 0 Å². The Balaban J connectivity index is 1.94. The average molecular weight is 184 g/mol. The topological polar surface area (TPSA) is 38.8 Å². The van der Waals surface area contributed by atoms with Crippen LogP contribution in [0.5, 0.6) is 0 Å². The first-order chi connectivity index (χ1) is 6.08. The molecule has 2 fully saturated rings. The van der Waals surface area contributed by atoms with Crippen molar-refractivity contribution in [2.24, 2.45) is 0 Å². The smallest absolute Gasteiger partial charge is 0.302 e. The quantitative estimate of drug-likeness (QED) is 0.484. The number of epoxide rings is 1. The van der Waals surface area contributed by atoms with Gasteiger partial charge in [0, 0.05) is 6.92 Å². The zero-order valence-electron chi connectivity index (χ0n) is 8.26. The molecule has 0 aromatic carbocycles. The fourth-order valence-electron chi connectivity index (χ4n) is 2.35. The van der Waals surface area contributed by atoms with Gasteiger partial charge in [0.2, 0.25) is 0 Å².